The van der Waals surface area contributed by atoms with Gasteiger partial charge >= 0.3 is 0 Å². The summed E-state index contributed by atoms with van der Waals surface area (Å²) in [5.74, 6) is 0.652. The van der Waals surface area contributed by atoms with Gasteiger partial charge in [-0.3, -0.25) is 0 Å². The van der Waals surface area contributed by atoms with Crippen LogP contribution < -0.4 is 5.32 Å². The van der Waals surface area contributed by atoms with Gasteiger partial charge in [0.15, 0.2) is 0 Å². The van der Waals surface area contributed by atoms with Crippen molar-refractivity contribution in [3.05, 3.63) is 51.1 Å². The number of nitrogens with one attached hydrogen (secondary N) is 1. The molecule has 0 spiro atoms. The van der Waals surface area contributed by atoms with Crippen LogP contribution in [0.2, 0.25) is 0 Å². The predicted molar refractivity (Wildman–Crippen MR) is 83.1 cm³/mol. The SMILES string of the molecule is Cc1cccc(Nc2nc3c(cc2C#N)CCC3)c1Br. The van der Waals surface area contributed by atoms with Gasteiger partial charge in [-0.1, -0.05) is 12.1 Å². The van der Waals surface area contributed by atoms with Crippen molar-refractivity contribution in [1.29, 1.82) is 5.26 Å². The van der Waals surface area contributed by atoms with Crippen LogP contribution in [0.15, 0.2) is 28.7 Å². The van der Waals surface area contributed by atoms with Crippen molar-refractivity contribution in [3.8, 4) is 6.07 Å². The molecule has 0 saturated heterocycles. The normalized spacial score (nSPS) is 12.8. The van der Waals surface area contributed by atoms with Crippen molar-refractivity contribution in [1.82, 2.24) is 4.98 Å². The van der Waals surface area contributed by atoms with E-state index in [9.17, 15) is 5.26 Å². The topological polar surface area (TPSA) is 48.7 Å². The maximum absolute atomic E-state index is 9.31. The Morgan fingerprint density at radius 2 is 2.20 bits per heavy atom. The molecule has 1 heterocycles. The zero-order valence-electron chi connectivity index (χ0n) is 11.2. The Morgan fingerprint density at radius 1 is 1.35 bits per heavy atom. The molecule has 0 aliphatic heterocycles. The largest absolute Gasteiger partial charge is 0.338 e. The summed E-state index contributed by atoms with van der Waals surface area (Å²) in [5.41, 5.74) is 5.03. The number of benzene rings is 1. The number of anilines is 2. The van der Waals surface area contributed by atoms with Crippen LogP contribution in [0.5, 0.6) is 0 Å². The summed E-state index contributed by atoms with van der Waals surface area (Å²) in [4.78, 5) is 4.64. The third kappa shape index (κ3) is 2.30. The fourth-order valence-electron chi connectivity index (χ4n) is 2.52. The summed E-state index contributed by atoms with van der Waals surface area (Å²) in [7, 11) is 0. The maximum atomic E-state index is 9.31. The Hall–Kier alpha value is -1.86. The zero-order chi connectivity index (χ0) is 14.1. The first-order chi connectivity index (χ1) is 9.69. The first-order valence-corrected chi connectivity index (χ1v) is 7.43. The predicted octanol–water partition coefficient (Wildman–Crippen LogP) is 4.26. The molecule has 0 amide bonds. The lowest BCUT2D eigenvalue weighted by Crippen LogP contribution is -2.01. The number of hydrogen-bond donors (Lipinski definition) is 1. The Kier molecular flexibility index (Phi) is 3.45. The zero-order valence-corrected chi connectivity index (χ0v) is 12.8. The lowest BCUT2D eigenvalue weighted by atomic mass is 10.1. The molecular weight excluding hydrogens is 314 g/mol. The lowest BCUT2D eigenvalue weighted by Gasteiger charge is -2.12. The van der Waals surface area contributed by atoms with Gasteiger partial charge in [0.25, 0.3) is 0 Å². The average Bonchev–Trinajstić information content (AvgIpc) is 2.90. The van der Waals surface area contributed by atoms with Crippen molar-refractivity contribution in [2.75, 3.05) is 5.32 Å². The van der Waals surface area contributed by atoms with Crippen LogP contribution in [0.1, 0.15) is 28.8 Å². The van der Waals surface area contributed by atoms with E-state index in [1.165, 1.54) is 5.56 Å². The third-order valence-corrected chi connectivity index (χ3v) is 4.67. The molecule has 0 bridgehead atoms. The summed E-state index contributed by atoms with van der Waals surface area (Å²) >= 11 is 3.57. The van der Waals surface area contributed by atoms with Gasteiger partial charge in [-0.2, -0.15) is 5.26 Å². The van der Waals surface area contributed by atoms with Gasteiger partial charge in [0.1, 0.15) is 11.9 Å². The van der Waals surface area contributed by atoms with Crippen molar-refractivity contribution >= 4 is 27.4 Å². The number of nitriles is 1. The molecule has 1 N–H and O–H groups in total. The molecule has 1 aliphatic rings. The number of halogens is 1. The van der Waals surface area contributed by atoms with Gasteiger partial charge in [0, 0.05) is 10.2 Å². The van der Waals surface area contributed by atoms with Crippen LogP contribution in [0, 0.1) is 18.3 Å². The second kappa shape index (κ2) is 5.26. The van der Waals surface area contributed by atoms with E-state index in [1.807, 2.05) is 31.2 Å². The summed E-state index contributed by atoms with van der Waals surface area (Å²) in [6.07, 6.45) is 3.17. The van der Waals surface area contributed by atoms with Crippen molar-refractivity contribution < 1.29 is 0 Å². The van der Waals surface area contributed by atoms with E-state index in [1.54, 1.807) is 0 Å². The Labute approximate surface area is 126 Å². The van der Waals surface area contributed by atoms with Crippen molar-refractivity contribution in [3.63, 3.8) is 0 Å². The molecule has 20 heavy (non-hydrogen) atoms. The first kappa shape index (κ1) is 13.1. The van der Waals surface area contributed by atoms with E-state index in [0.29, 0.717) is 11.4 Å². The second-order valence-electron chi connectivity index (χ2n) is 5.02. The molecule has 3 rings (SSSR count). The van der Waals surface area contributed by atoms with Gasteiger partial charge in [0.2, 0.25) is 0 Å². The first-order valence-electron chi connectivity index (χ1n) is 6.64. The smallest absolute Gasteiger partial charge is 0.148 e. The van der Waals surface area contributed by atoms with E-state index >= 15 is 0 Å². The number of hydrogen-bond acceptors (Lipinski definition) is 3. The van der Waals surface area contributed by atoms with Gasteiger partial charge in [-0.15, -0.1) is 0 Å². The molecule has 0 unspecified atom stereocenters. The molecule has 4 heteroatoms. The van der Waals surface area contributed by atoms with Crippen LogP contribution in [0.3, 0.4) is 0 Å². The van der Waals surface area contributed by atoms with Crippen molar-refractivity contribution in [2.45, 2.75) is 26.2 Å². The molecule has 1 aromatic heterocycles. The Bertz CT molecular complexity index is 716. The molecule has 0 saturated carbocycles. The molecule has 3 nitrogen and oxygen atoms in total. The minimum Gasteiger partial charge on any atom is -0.338 e. The maximum Gasteiger partial charge on any atom is 0.148 e. The number of pyridine rings is 1. The van der Waals surface area contributed by atoms with Crippen LogP contribution in [0.4, 0.5) is 11.5 Å². The van der Waals surface area contributed by atoms with E-state index in [4.69, 9.17) is 0 Å². The molecule has 0 radical (unpaired) electrons. The van der Waals surface area contributed by atoms with E-state index in [2.05, 4.69) is 32.3 Å². The van der Waals surface area contributed by atoms with Crippen LogP contribution >= 0.6 is 15.9 Å². The average molecular weight is 328 g/mol. The molecular formula is C16H14BrN3. The third-order valence-electron chi connectivity index (χ3n) is 3.62. The van der Waals surface area contributed by atoms with Crippen LogP contribution in [-0.2, 0) is 12.8 Å². The van der Waals surface area contributed by atoms with Crippen molar-refractivity contribution in [2.24, 2.45) is 0 Å². The molecule has 0 fully saturated rings. The monoisotopic (exact) mass is 327 g/mol. The van der Waals surface area contributed by atoms with E-state index in [0.717, 1.165) is 40.7 Å². The Balaban J connectivity index is 2.03. The van der Waals surface area contributed by atoms with Gasteiger partial charge in [-0.25, -0.2) is 4.98 Å². The van der Waals surface area contributed by atoms with Crippen LogP contribution in [-0.4, -0.2) is 4.98 Å². The highest BCUT2D eigenvalue weighted by Gasteiger charge is 2.17. The van der Waals surface area contributed by atoms with Crippen LogP contribution in [0.25, 0.3) is 0 Å². The Morgan fingerprint density at radius 3 is 3.00 bits per heavy atom. The highest BCUT2D eigenvalue weighted by molar-refractivity contribution is 9.10. The van der Waals surface area contributed by atoms with E-state index < -0.39 is 0 Å². The molecule has 100 valence electrons. The number of fused-ring (bicyclic) bond motifs is 1. The summed E-state index contributed by atoms with van der Waals surface area (Å²) < 4.78 is 1.01. The van der Waals surface area contributed by atoms with Gasteiger partial charge in [-0.05, 0) is 65.4 Å². The minimum absolute atomic E-state index is 0.610. The lowest BCUT2D eigenvalue weighted by molar-refractivity contribution is 0.900. The minimum atomic E-state index is 0.610. The second-order valence-corrected chi connectivity index (χ2v) is 5.81. The van der Waals surface area contributed by atoms with E-state index in [-0.39, 0.29) is 0 Å². The molecule has 2 aromatic rings. The summed E-state index contributed by atoms with van der Waals surface area (Å²) in [6, 6.07) is 10.2. The fourth-order valence-corrected chi connectivity index (χ4v) is 2.89. The molecule has 1 aromatic carbocycles. The standard InChI is InChI=1S/C16H14BrN3/c1-10-4-2-7-14(15(10)17)20-16-12(9-18)8-11-5-3-6-13(11)19-16/h2,4,7-8H,3,5-6H2,1H3,(H,19,20). The molecule has 0 atom stereocenters. The van der Waals surface area contributed by atoms with Gasteiger partial charge < -0.3 is 5.32 Å². The highest BCUT2D eigenvalue weighted by atomic mass is 79.9. The number of nitrogens with zero attached hydrogens (tertiary/aromatic N) is 2. The summed E-state index contributed by atoms with van der Waals surface area (Å²) in [5, 5.41) is 12.6. The molecule has 1 aliphatic carbocycles. The quantitative estimate of drug-likeness (QED) is 0.896. The fraction of sp³-hybridized carbons (Fsp3) is 0.250. The number of aryl methyl sites for hydroxylation is 3. The summed E-state index contributed by atoms with van der Waals surface area (Å²) in [6.45, 7) is 2.04. The highest BCUT2D eigenvalue weighted by Crippen LogP contribution is 2.31. The number of aromatic nitrogens is 1. The van der Waals surface area contributed by atoms with Gasteiger partial charge in [0.05, 0.1) is 11.3 Å². The number of rotatable bonds is 2.